The second kappa shape index (κ2) is 43.4. The standard InChI is InChI=1S/2C16H13FIN3O4.2C12H11FIN3O2.C4H6O4.C4H6O3.7CH4/c1-7-12(22)11-13(19(2)14(7)23)21(16(25)20(3)15(11)24)10-5-4-8(18)6-9(10)17;1-7-12(22)11-13(19(2)14(7)23)20(3)16(25)21(15(11)24)10-5-4-8(18)6-9(10)17;1-15-10-6-11(18)16(2)12(19)17(10)9-4-3-7(14)5-8(9)13;1-15-10-6-11(18)17(12(19)16(10)2)9-4-3-7(14)5-8(9)13;1-2(3(5)6)4(7)8;1-3(5)7-4(2)6;;;;;;;/h2*4-6,22H,1-3H3;2*3-6,15H,1-2H3;2H,1H3,(H,5,6)(H,7,8);1-2H3;7*1H4. The molecule has 0 bridgehead atoms. The lowest BCUT2D eigenvalue weighted by molar-refractivity contribution is -0.157. The van der Waals surface area contributed by atoms with Gasteiger partial charge in [0.1, 0.15) is 68.5 Å². The minimum Gasteiger partial charge on any atom is -0.506 e. The van der Waals surface area contributed by atoms with Crippen LogP contribution in [0.3, 0.4) is 0 Å². The van der Waals surface area contributed by atoms with Gasteiger partial charge in [0.25, 0.3) is 33.4 Å². The highest BCUT2D eigenvalue weighted by molar-refractivity contribution is 14.1. The minimum atomic E-state index is -1.31. The summed E-state index contributed by atoms with van der Waals surface area (Å²) in [6.07, 6.45) is 0. The van der Waals surface area contributed by atoms with Crippen LogP contribution in [-0.2, 0) is 66.2 Å². The van der Waals surface area contributed by atoms with Crippen molar-refractivity contribution in [2.75, 3.05) is 24.7 Å². The number of hydrogen-bond acceptors (Lipinski definition) is 19. The predicted octanol–water partition coefficient (Wildman–Crippen LogP) is 9.28. The number of ether oxygens (including phenoxy) is 1. The Morgan fingerprint density at radius 2 is 0.709 bits per heavy atom. The average molecular weight is 2000 g/mol. The quantitative estimate of drug-likeness (QED) is 0.0357. The SMILES string of the molecule is C.C.C.C.C.C.C.CC(=O)OC(C)=O.CC(C(=O)O)C(=O)O.CNc1cc(=O)n(-c2ccc(I)cc2F)c(=O)n1C.CNc1cc(=O)n(C)c(=O)n1-c1ccc(I)cc1F.Cc1c(O)c2c(=O)n(-c3ccc(I)cc3F)c(=O)n(C)c2n(C)c1=O.Cc1c(O)c2c(=O)n(C)c(=O)n(-c3ccc(I)cc3F)c2n(C)c1=O. The fraction of sp³-hybridized carbons (Fsp3) is 0.296. The molecule has 0 atom stereocenters. The Hall–Kier alpha value is -10.1. The summed E-state index contributed by atoms with van der Waals surface area (Å²) in [7, 11) is 11.4. The molecule has 602 valence electrons. The number of carboxylic acids is 2. The van der Waals surface area contributed by atoms with Gasteiger partial charge in [-0.15, -0.1) is 0 Å². The van der Waals surface area contributed by atoms with E-state index in [1.807, 2.05) is 90.4 Å². The Labute approximate surface area is 681 Å². The number of anilines is 2. The number of aromatic hydroxyl groups is 2. The molecule has 10 rings (SSSR count). The smallest absolute Gasteiger partial charge is 0.337 e. The number of benzene rings is 4. The van der Waals surface area contributed by atoms with Crippen LogP contribution in [0.25, 0.3) is 44.8 Å². The molecule has 31 nitrogen and oxygen atoms in total. The minimum absolute atomic E-state index is 0. The van der Waals surface area contributed by atoms with Crippen molar-refractivity contribution in [1.82, 2.24) is 45.7 Å². The molecule has 0 radical (unpaired) electrons. The molecule has 0 aliphatic heterocycles. The Bertz CT molecular complexity index is 5740. The third-order valence-electron chi connectivity index (χ3n) is 14.7. The summed E-state index contributed by atoms with van der Waals surface area (Å²) in [6.45, 7) is 6.22. The van der Waals surface area contributed by atoms with Gasteiger partial charge in [-0.25, -0.2) is 55.0 Å². The number of nitrogens with one attached hydrogen (secondary N) is 2. The molecule has 6 heterocycles. The molecular formula is C71H88F4I4N12O19. The first-order valence-corrected chi connectivity index (χ1v) is 33.3. The molecule has 10 aromatic rings. The summed E-state index contributed by atoms with van der Waals surface area (Å²) in [5.74, 6) is -8.02. The highest BCUT2D eigenvalue weighted by Gasteiger charge is 2.26. The van der Waals surface area contributed by atoms with Gasteiger partial charge in [0.05, 0.1) is 33.9 Å². The van der Waals surface area contributed by atoms with Gasteiger partial charge < -0.3 is 35.8 Å². The number of aryl methyl sites for hydroxylation is 3. The van der Waals surface area contributed by atoms with E-state index in [-0.39, 0.29) is 114 Å². The first-order chi connectivity index (χ1) is 47.9. The van der Waals surface area contributed by atoms with Crippen LogP contribution in [0.4, 0.5) is 29.2 Å². The number of pyridine rings is 2. The maximum Gasteiger partial charge on any atom is 0.337 e. The molecule has 0 aliphatic carbocycles. The highest BCUT2D eigenvalue weighted by atomic mass is 127. The van der Waals surface area contributed by atoms with Crippen molar-refractivity contribution >= 4 is 148 Å². The average Bonchev–Trinajstić information content (AvgIpc) is 0.736. The zero-order chi connectivity index (χ0) is 78.2. The molecule has 0 spiro atoms. The van der Waals surface area contributed by atoms with Crippen molar-refractivity contribution in [3.63, 3.8) is 0 Å². The van der Waals surface area contributed by atoms with Gasteiger partial charge in [-0.2, -0.15) is 0 Å². The molecular weight excluding hydrogens is 1910 g/mol. The number of aliphatic carboxylic acids is 2. The molecule has 0 aliphatic rings. The van der Waals surface area contributed by atoms with Crippen LogP contribution in [0.5, 0.6) is 11.5 Å². The molecule has 0 amide bonds. The van der Waals surface area contributed by atoms with Crippen molar-refractivity contribution in [1.29, 1.82) is 0 Å². The topological polar surface area (TPSA) is 402 Å². The van der Waals surface area contributed by atoms with Gasteiger partial charge in [-0.1, -0.05) is 52.0 Å². The van der Waals surface area contributed by atoms with Crippen molar-refractivity contribution in [3.8, 4) is 34.2 Å². The van der Waals surface area contributed by atoms with E-state index in [9.17, 15) is 94.9 Å². The zero-order valence-corrected chi connectivity index (χ0v) is 64.7. The Balaban J connectivity index is -0.00000129. The largest absolute Gasteiger partial charge is 0.506 e. The second-order valence-corrected chi connectivity index (χ2v) is 26.5. The van der Waals surface area contributed by atoms with Crippen molar-refractivity contribution in [3.05, 3.63) is 238 Å². The third kappa shape index (κ3) is 22.6. The van der Waals surface area contributed by atoms with Gasteiger partial charge in [-0.3, -0.25) is 75.3 Å². The van der Waals surface area contributed by atoms with Gasteiger partial charge >= 0.3 is 46.6 Å². The fourth-order valence-electron chi connectivity index (χ4n) is 9.32. The number of carbonyl (C=O) groups excluding carboxylic acids is 2. The molecule has 39 heteroatoms. The lowest BCUT2D eigenvalue weighted by Gasteiger charge is -2.17. The van der Waals surface area contributed by atoms with Crippen molar-refractivity contribution in [2.45, 2.75) is 86.6 Å². The van der Waals surface area contributed by atoms with Crippen LogP contribution >= 0.6 is 90.4 Å². The monoisotopic (exact) mass is 2000 g/mol. The molecule has 6 aromatic heterocycles. The number of halogens is 8. The van der Waals surface area contributed by atoms with Crippen LogP contribution < -0.4 is 66.7 Å². The molecule has 0 saturated heterocycles. The third-order valence-corrected chi connectivity index (χ3v) is 17.4. The summed E-state index contributed by atoms with van der Waals surface area (Å²) in [6, 6.07) is 19.6. The number of rotatable bonds is 8. The summed E-state index contributed by atoms with van der Waals surface area (Å²) < 4.78 is 73.0. The van der Waals surface area contributed by atoms with Crippen LogP contribution in [0.2, 0.25) is 0 Å². The highest BCUT2D eigenvalue weighted by Crippen LogP contribution is 2.26. The van der Waals surface area contributed by atoms with Gasteiger partial charge in [0, 0.05) is 96.6 Å². The van der Waals surface area contributed by atoms with Gasteiger partial charge in [-0.05, 0) is 184 Å². The number of carboxylic acid groups (broad SMARTS) is 2. The fourth-order valence-corrected chi connectivity index (χ4v) is 11.1. The van der Waals surface area contributed by atoms with Gasteiger partial charge in [0.15, 0.2) is 5.92 Å². The summed E-state index contributed by atoms with van der Waals surface area (Å²) in [5.41, 5.74) is -7.19. The van der Waals surface area contributed by atoms with E-state index in [4.69, 9.17) is 10.2 Å². The molecule has 0 unspecified atom stereocenters. The van der Waals surface area contributed by atoms with Crippen LogP contribution in [0, 0.1) is 57.3 Å². The maximum absolute atomic E-state index is 14.5. The first-order valence-electron chi connectivity index (χ1n) is 29.0. The van der Waals surface area contributed by atoms with Crippen LogP contribution in [0.15, 0.2) is 133 Å². The number of nitrogens with zero attached hydrogens (tertiary/aromatic N) is 10. The lowest BCUT2D eigenvalue weighted by Crippen LogP contribution is -2.40. The first kappa shape index (κ1) is 104. The number of carbonyl (C=O) groups is 4. The molecule has 4 aromatic carbocycles. The molecule has 0 fully saturated rings. The van der Waals surface area contributed by atoms with E-state index in [1.165, 1.54) is 135 Å². The van der Waals surface area contributed by atoms with E-state index < -0.39 is 121 Å². The van der Waals surface area contributed by atoms with Crippen LogP contribution in [-0.4, -0.2) is 104 Å². The van der Waals surface area contributed by atoms with E-state index in [0.717, 1.165) is 47.0 Å². The van der Waals surface area contributed by atoms with E-state index >= 15 is 0 Å². The normalized spacial score (nSPS) is 9.91. The Kier molecular flexibility index (Phi) is 41.0. The van der Waals surface area contributed by atoms with E-state index in [1.54, 1.807) is 38.4 Å². The number of aromatic nitrogens is 10. The summed E-state index contributed by atoms with van der Waals surface area (Å²) >= 11 is 7.77. The molecule has 0 saturated carbocycles. The number of esters is 2. The van der Waals surface area contributed by atoms with E-state index in [2.05, 4.69) is 15.4 Å². The Morgan fingerprint density at radius 3 is 1.05 bits per heavy atom. The zero-order valence-electron chi connectivity index (χ0n) is 56.1. The summed E-state index contributed by atoms with van der Waals surface area (Å²) in [5, 5.41) is 41.6. The van der Waals surface area contributed by atoms with Gasteiger partial charge in [0.2, 0.25) is 0 Å². The number of hydrogen-bond donors (Lipinski definition) is 6. The lowest BCUT2D eigenvalue weighted by atomic mass is 10.2. The van der Waals surface area contributed by atoms with E-state index in [0.29, 0.717) is 21.1 Å². The Morgan fingerprint density at radius 1 is 0.400 bits per heavy atom. The number of fused-ring (bicyclic) bond motifs is 2. The molecule has 6 N–H and O–H groups in total. The predicted molar refractivity (Wildman–Crippen MR) is 451 cm³/mol. The van der Waals surface area contributed by atoms with Crippen LogP contribution in [0.1, 0.15) is 83.9 Å². The maximum atomic E-state index is 14.5. The second-order valence-electron chi connectivity index (χ2n) is 21.5. The van der Waals surface area contributed by atoms with Crippen molar-refractivity contribution in [2.24, 2.45) is 48.2 Å². The molecule has 110 heavy (non-hydrogen) atoms. The van der Waals surface area contributed by atoms with Crippen molar-refractivity contribution < 1.29 is 61.9 Å². The summed E-state index contributed by atoms with van der Waals surface area (Å²) in [4.78, 5) is 162.